The number of ether oxygens (including phenoxy) is 4. The van der Waals surface area contributed by atoms with Gasteiger partial charge in [-0.3, -0.25) is 37.3 Å². The van der Waals surface area contributed by atoms with E-state index in [4.69, 9.17) is 37.0 Å². The van der Waals surface area contributed by atoms with Gasteiger partial charge in [-0.25, -0.2) is 9.13 Å². The smallest absolute Gasteiger partial charge is 0.462 e. The van der Waals surface area contributed by atoms with Crippen molar-refractivity contribution in [2.24, 2.45) is 11.8 Å². The third kappa shape index (κ3) is 76.1. The molecule has 0 aromatic carbocycles. The molecule has 0 radical (unpaired) electrons. The van der Waals surface area contributed by atoms with Gasteiger partial charge in [-0.15, -0.1) is 0 Å². The maximum Gasteiger partial charge on any atom is 0.472 e. The van der Waals surface area contributed by atoms with Crippen LogP contribution >= 0.6 is 15.6 Å². The fourth-order valence-corrected chi connectivity index (χ4v) is 14.3. The molecule has 0 aliphatic heterocycles. The normalized spacial score (nSPS) is 13.9. The second-order valence-corrected chi connectivity index (χ2v) is 33.4. The van der Waals surface area contributed by atoms with Crippen molar-refractivity contribution in [3.05, 3.63) is 0 Å². The van der Waals surface area contributed by atoms with Crippen LogP contribution in [0.4, 0.5) is 0 Å². The Morgan fingerprint density at radius 1 is 0.267 bits per heavy atom. The number of esters is 4. The predicted molar refractivity (Wildman–Crippen MR) is 414 cm³/mol. The number of hydrogen-bond donors (Lipinski definition) is 3. The summed E-state index contributed by atoms with van der Waals surface area (Å²) in [4.78, 5) is 73.0. The Kier molecular flexibility index (Phi) is 72.2. The van der Waals surface area contributed by atoms with Crippen LogP contribution < -0.4 is 0 Å². The highest BCUT2D eigenvalue weighted by atomic mass is 31.2. The van der Waals surface area contributed by atoms with Gasteiger partial charge in [0.2, 0.25) is 0 Å². The van der Waals surface area contributed by atoms with Gasteiger partial charge in [0.05, 0.1) is 26.4 Å². The lowest BCUT2D eigenvalue weighted by Crippen LogP contribution is -2.30. The summed E-state index contributed by atoms with van der Waals surface area (Å²) in [5.74, 6) is -0.559. The third-order valence-electron chi connectivity index (χ3n) is 19.2. The summed E-state index contributed by atoms with van der Waals surface area (Å²) in [6, 6.07) is 0. The summed E-state index contributed by atoms with van der Waals surface area (Å²) in [5, 5.41) is 10.6. The highest BCUT2D eigenvalue weighted by Crippen LogP contribution is 2.45. The number of unbranched alkanes of at least 4 members (excludes halogenated alkanes) is 51. The summed E-state index contributed by atoms with van der Waals surface area (Å²) in [7, 11) is -9.92. The van der Waals surface area contributed by atoms with Gasteiger partial charge < -0.3 is 33.8 Å². The zero-order valence-corrected chi connectivity index (χ0v) is 68.0. The molecular formula is C82H160O17P2. The van der Waals surface area contributed by atoms with Crippen molar-refractivity contribution in [2.45, 2.75) is 452 Å². The molecular weight excluding hydrogens is 1320 g/mol. The first-order valence-corrected chi connectivity index (χ1v) is 45.5. The number of aliphatic hydroxyl groups excluding tert-OH is 1. The minimum absolute atomic E-state index is 0.106. The molecule has 0 rings (SSSR count). The topological polar surface area (TPSA) is 237 Å². The summed E-state index contributed by atoms with van der Waals surface area (Å²) in [6.07, 6.45) is 64.0. The number of carbonyl (C=O) groups excluding carboxylic acids is 4. The van der Waals surface area contributed by atoms with Crippen molar-refractivity contribution in [1.29, 1.82) is 0 Å². The van der Waals surface area contributed by atoms with Crippen LogP contribution in [0.25, 0.3) is 0 Å². The van der Waals surface area contributed by atoms with Crippen LogP contribution in [0.15, 0.2) is 0 Å². The monoisotopic (exact) mass is 1480 g/mol. The van der Waals surface area contributed by atoms with Gasteiger partial charge in [0.15, 0.2) is 12.2 Å². The Hall–Kier alpha value is -1.94. The average Bonchev–Trinajstić information content (AvgIpc) is 0.960. The van der Waals surface area contributed by atoms with Crippen LogP contribution in [-0.2, 0) is 65.4 Å². The van der Waals surface area contributed by atoms with Gasteiger partial charge in [0.25, 0.3) is 0 Å². The molecule has 0 heterocycles. The van der Waals surface area contributed by atoms with E-state index >= 15 is 0 Å². The van der Waals surface area contributed by atoms with E-state index < -0.39 is 97.5 Å². The second kappa shape index (κ2) is 73.6. The Bertz CT molecular complexity index is 1940. The minimum Gasteiger partial charge on any atom is -0.462 e. The molecule has 19 heteroatoms. The SMILES string of the molecule is CCCCCCCCCCCCCCCCCCCCCCCCC(=O)O[C@H](COC(=O)CCCCCCCCCCCCCCCCC(C)C)COP(=O)(O)OC[C@@H](O)COP(=O)(O)OC[C@@H](COC(=O)CCCCCCCCCCC)OC(=O)CCCCCCCCCCCCC(C)C. The van der Waals surface area contributed by atoms with E-state index in [1.54, 1.807) is 0 Å². The van der Waals surface area contributed by atoms with Crippen molar-refractivity contribution >= 4 is 39.5 Å². The lowest BCUT2D eigenvalue weighted by Gasteiger charge is -2.21. The van der Waals surface area contributed by atoms with E-state index in [9.17, 15) is 43.2 Å². The largest absolute Gasteiger partial charge is 0.472 e. The first-order chi connectivity index (χ1) is 48.9. The van der Waals surface area contributed by atoms with Gasteiger partial charge in [0, 0.05) is 25.7 Å². The third-order valence-corrected chi connectivity index (χ3v) is 21.1. The quantitative estimate of drug-likeness (QED) is 0.0222. The molecule has 2 unspecified atom stereocenters. The Labute approximate surface area is 619 Å². The van der Waals surface area contributed by atoms with Crippen LogP contribution in [-0.4, -0.2) is 96.7 Å². The molecule has 0 spiro atoms. The molecule has 101 heavy (non-hydrogen) atoms. The maximum atomic E-state index is 13.1. The zero-order valence-electron chi connectivity index (χ0n) is 66.2. The average molecular weight is 1480 g/mol. The van der Waals surface area contributed by atoms with Gasteiger partial charge in [-0.1, -0.05) is 382 Å². The standard InChI is InChI=1S/C82H160O17P2/c1-7-9-11-13-15-17-18-19-20-21-22-23-24-25-26-27-32-35-42-48-54-60-66-81(86)98-78(71-93-80(85)65-59-53-47-41-34-31-29-28-30-33-39-44-50-56-62-74(3)4)73-97-101(90,91)95-69-76(83)68-94-100(88,89)96-72-77(70-92-79(84)64-58-52-46-38-16-14-12-10-8-2)99-82(87)67-61-55-49-43-37-36-40-45-51-57-63-75(5)6/h74-78,83H,7-73H2,1-6H3,(H,88,89)(H,90,91)/t76-,77+,78+/m0/s1. The van der Waals surface area contributed by atoms with E-state index in [-0.39, 0.29) is 25.7 Å². The second-order valence-electron chi connectivity index (χ2n) is 30.5. The number of rotatable bonds is 81. The Balaban J connectivity index is 5.19. The Morgan fingerprint density at radius 2 is 0.455 bits per heavy atom. The zero-order chi connectivity index (χ0) is 74.2. The molecule has 0 aliphatic rings. The molecule has 0 aromatic heterocycles. The lowest BCUT2D eigenvalue weighted by molar-refractivity contribution is -0.161. The highest BCUT2D eigenvalue weighted by molar-refractivity contribution is 7.47. The minimum atomic E-state index is -4.96. The molecule has 0 fully saturated rings. The fraction of sp³-hybridized carbons (Fsp3) is 0.951. The molecule has 0 amide bonds. The van der Waals surface area contributed by atoms with E-state index in [0.717, 1.165) is 102 Å². The van der Waals surface area contributed by atoms with E-state index in [0.29, 0.717) is 25.7 Å². The van der Waals surface area contributed by atoms with Crippen LogP contribution in [0.1, 0.15) is 433 Å². The number of carbonyl (C=O) groups is 4. The van der Waals surface area contributed by atoms with E-state index in [2.05, 4.69) is 41.5 Å². The molecule has 0 bridgehead atoms. The van der Waals surface area contributed by atoms with E-state index in [1.165, 1.54) is 250 Å². The lowest BCUT2D eigenvalue weighted by atomic mass is 10.0. The molecule has 0 saturated heterocycles. The molecule has 17 nitrogen and oxygen atoms in total. The molecule has 600 valence electrons. The molecule has 0 saturated carbocycles. The summed E-state index contributed by atoms with van der Waals surface area (Å²) in [6.45, 7) is 9.63. The molecule has 5 atom stereocenters. The van der Waals surface area contributed by atoms with Crippen molar-refractivity contribution in [2.75, 3.05) is 39.6 Å². The van der Waals surface area contributed by atoms with Crippen molar-refractivity contribution in [3.63, 3.8) is 0 Å². The summed E-state index contributed by atoms with van der Waals surface area (Å²) < 4.78 is 68.7. The maximum absolute atomic E-state index is 13.1. The first-order valence-electron chi connectivity index (χ1n) is 42.5. The van der Waals surface area contributed by atoms with Crippen LogP contribution in [0.3, 0.4) is 0 Å². The molecule has 0 aromatic rings. The van der Waals surface area contributed by atoms with Crippen molar-refractivity contribution in [3.8, 4) is 0 Å². The van der Waals surface area contributed by atoms with Crippen LogP contribution in [0.2, 0.25) is 0 Å². The van der Waals surface area contributed by atoms with Gasteiger partial charge in [0.1, 0.15) is 19.3 Å². The first kappa shape index (κ1) is 99.1. The van der Waals surface area contributed by atoms with Crippen LogP contribution in [0, 0.1) is 11.8 Å². The fourth-order valence-electron chi connectivity index (χ4n) is 12.7. The Morgan fingerprint density at radius 3 is 0.673 bits per heavy atom. The van der Waals surface area contributed by atoms with E-state index in [1.807, 2.05) is 0 Å². The predicted octanol–water partition coefficient (Wildman–Crippen LogP) is 24.7. The highest BCUT2D eigenvalue weighted by Gasteiger charge is 2.30. The summed E-state index contributed by atoms with van der Waals surface area (Å²) >= 11 is 0. The van der Waals surface area contributed by atoms with Gasteiger partial charge in [-0.05, 0) is 37.5 Å². The van der Waals surface area contributed by atoms with Crippen LogP contribution in [0.5, 0.6) is 0 Å². The number of phosphoric acid groups is 2. The number of phosphoric ester groups is 2. The van der Waals surface area contributed by atoms with Gasteiger partial charge >= 0.3 is 39.5 Å². The number of aliphatic hydroxyl groups is 1. The van der Waals surface area contributed by atoms with Crippen molar-refractivity contribution < 1.29 is 80.2 Å². The molecule has 3 N–H and O–H groups in total. The molecule has 0 aliphatic carbocycles. The summed E-state index contributed by atoms with van der Waals surface area (Å²) in [5.41, 5.74) is 0. The van der Waals surface area contributed by atoms with Crippen molar-refractivity contribution in [1.82, 2.24) is 0 Å². The number of hydrogen-bond acceptors (Lipinski definition) is 15. The van der Waals surface area contributed by atoms with Gasteiger partial charge in [-0.2, -0.15) is 0 Å².